The molecular formula is C21H23ClN4O2. The molecule has 0 aliphatic carbocycles. The number of nitrogens with zero attached hydrogens (tertiary/aromatic N) is 4. The average Bonchev–Trinajstić information content (AvgIpc) is 3.17. The second kappa shape index (κ2) is 8.19. The van der Waals surface area contributed by atoms with E-state index in [2.05, 4.69) is 5.10 Å². The van der Waals surface area contributed by atoms with Crippen molar-refractivity contribution in [2.45, 2.75) is 25.8 Å². The van der Waals surface area contributed by atoms with Gasteiger partial charge in [0.1, 0.15) is 0 Å². The zero-order valence-corrected chi connectivity index (χ0v) is 16.4. The Morgan fingerprint density at radius 2 is 1.75 bits per heavy atom. The van der Waals surface area contributed by atoms with Gasteiger partial charge in [-0.1, -0.05) is 29.8 Å². The molecule has 0 atom stereocenters. The molecule has 146 valence electrons. The fourth-order valence-electron chi connectivity index (χ4n) is 3.69. The van der Waals surface area contributed by atoms with Crippen molar-refractivity contribution in [3.8, 4) is 0 Å². The van der Waals surface area contributed by atoms with Crippen molar-refractivity contribution in [2.24, 2.45) is 0 Å². The second-order valence-electron chi connectivity index (χ2n) is 7.17. The van der Waals surface area contributed by atoms with Crippen molar-refractivity contribution in [1.29, 1.82) is 0 Å². The molecule has 1 aromatic heterocycles. The number of fused-ring (bicyclic) bond motifs is 1. The first-order valence-corrected chi connectivity index (χ1v) is 10.1. The molecule has 0 radical (unpaired) electrons. The number of hydrogen-bond acceptors (Lipinski definition) is 3. The molecule has 0 bridgehead atoms. The van der Waals surface area contributed by atoms with Crippen LogP contribution in [-0.2, 0) is 17.8 Å². The minimum absolute atomic E-state index is 0.0411. The van der Waals surface area contributed by atoms with E-state index >= 15 is 0 Å². The van der Waals surface area contributed by atoms with Gasteiger partial charge in [0.2, 0.25) is 5.91 Å². The summed E-state index contributed by atoms with van der Waals surface area (Å²) in [6, 6.07) is 9.32. The van der Waals surface area contributed by atoms with Gasteiger partial charge in [-0.3, -0.25) is 14.3 Å². The molecule has 7 heteroatoms. The largest absolute Gasteiger partial charge is 0.336 e. The Bertz CT molecular complexity index is 889. The summed E-state index contributed by atoms with van der Waals surface area (Å²) in [7, 11) is 0. The maximum absolute atomic E-state index is 12.8. The molecule has 2 amide bonds. The Labute approximate surface area is 169 Å². The summed E-state index contributed by atoms with van der Waals surface area (Å²) in [6.07, 6.45) is 6.53. The quantitative estimate of drug-likeness (QED) is 0.747. The Kier molecular flexibility index (Phi) is 5.48. The number of aryl methyl sites for hydroxylation is 2. The monoisotopic (exact) mass is 398 g/mol. The predicted molar refractivity (Wildman–Crippen MR) is 108 cm³/mol. The highest BCUT2D eigenvalue weighted by molar-refractivity contribution is 6.32. The van der Waals surface area contributed by atoms with Gasteiger partial charge in [-0.15, -0.1) is 0 Å². The van der Waals surface area contributed by atoms with E-state index in [0.717, 1.165) is 37.1 Å². The highest BCUT2D eigenvalue weighted by Gasteiger charge is 2.26. The van der Waals surface area contributed by atoms with Crippen LogP contribution in [-0.4, -0.2) is 57.6 Å². The standard InChI is InChI=1S/C21H23ClN4O2/c22-18-7-2-1-5-16(18)8-9-20(27)24-11-13-25(14-12-24)21(28)19-15-17-6-3-4-10-26(17)23-19/h1-2,5,7-9,15H,3-4,6,10-14H2. The van der Waals surface area contributed by atoms with Gasteiger partial charge in [0.15, 0.2) is 5.69 Å². The summed E-state index contributed by atoms with van der Waals surface area (Å²) < 4.78 is 1.95. The number of hydrogen-bond donors (Lipinski definition) is 0. The third-order valence-electron chi connectivity index (χ3n) is 5.32. The van der Waals surface area contributed by atoms with Crippen LogP contribution in [0.3, 0.4) is 0 Å². The van der Waals surface area contributed by atoms with Gasteiger partial charge in [0, 0.05) is 49.5 Å². The lowest BCUT2D eigenvalue weighted by Gasteiger charge is -2.33. The molecular weight excluding hydrogens is 376 g/mol. The van der Waals surface area contributed by atoms with Crippen LogP contribution in [0.4, 0.5) is 0 Å². The topological polar surface area (TPSA) is 58.4 Å². The lowest BCUT2D eigenvalue weighted by molar-refractivity contribution is -0.127. The molecule has 1 fully saturated rings. The third-order valence-corrected chi connectivity index (χ3v) is 5.67. The molecule has 0 unspecified atom stereocenters. The molecule has 6 nitrogen and oxygen atoms in total. The van der Waals surface area contributed by atoms with Gasteiger partial charge in [0.05, 0.1) is 0 Å². The average molecular weight is 399 g/mol. The Morgan fingerprint density at radius 3 is 2.50 bits per heavy atom. The summed E-state index contributed by atoms with van der Waals surface area (Å²) >= 11 is 6.12. The summed E-state index contributed by atoms with van der Waals surface area (Å²) in [5, 5.41) is 5.09. The van der Waals surface area contributed by atoms with Crippen molar-refractivity contribution in [3.05, 3.63) is 58.4 Å². The van der Waals surface area contributed by atoms with Gasteiger partial charge in [-0.25, -0.2) is 0 Å². The zero-order chi connectivity index (χ0) is 19.5. The van der Waals surface area contributed by atoms with Crippen molar-refractivity contribution in [3.63, 3.8) is 0 Å². The first-order chi connectivity index (χ1) is 13.6. The van der Waals surface area contributed by atoms with Crippen molar-refractivity contribution in [1.82, 2.24) is 19.6 Å². The normalized spacial score (nSPS) is 17.0. The van der Waals surface area contributed by atoms with E-state index in [0.29, 0.717) is 36.9 Å². The summed E-state index contributed by atoms with van der Waals surface area (Å²) in [5.74, 6) is -0.106. The first kappa shape index (κ1) is 18.7. The zero-order valence-electron chi connectivity index (χ0n) is 15.7. The Hall–Kier alpha value is -2.60. The van der Waals surface area contributed by atoms with Crippen molar-refractivity contribution < 1.29 is 9.59 Å². The Balaban J connectivity index is 1.34. The lowest BCUT2D eigenvalue weighted by atomic mass is 10.1. The van der Waals surface area contributed by atoms with E-state index in [9.17, 15) is 9.59 Å². The van der Waals surface area contributed by atoms with E-state index in [4.69, 9.17) is 11.6 Å². The smallest absolute Gasteiger partial charge is 0.274 e. The molecule has 0 saturated carbocycles. The number of carbonyl (C=O) groups excluding carboxylic acids is 2. The maximum Gasteiger partial charge on any atom is 0.274 e. The highest BCUT2D eigenvalue weighted by Crippen LogP contribution is 2.18. The molecule has 3 heterocycles. The SMILES string of the molecule is O=C(C=Cc1ccccc1Cl)N1CCN(C(=O)c2cc3n(n2)CCCC3)CC1. The number of rotatable bonds is 3. The van der Waals surface area contributed by atoms with Gasteiger partial charge in [-0.2, -0.15) is 5.10 Å². The van der Waals surface area contributed by atoms with Crippen LogP contribution in [0.1, 0.15) is 34.6 Å². The van der Waals surface area contributed by atoms with Crippen LogP contribution in [0.5, 0.6) is 0 Å². The van der Waals surface area contributed by atoms with E-state index in [-0.39, 0.29) is 11.8 Å². The van der Waals surface area contributed by atoms with E-state index in [1.807, 2.05) is 28.9 Å². The van der Waals surface area contributed by atoms with E-state index in [1.54, 1.807) is 28.0 Å². The number of amides is 2. The lowest BCUT2D eigenvalue weighted by Crippen LogP contribution is -2.50. The van der Waals surface area contributed by atoms with Gasteiger partial charge in [-0.05, 0) is 43.0 Å². The summed E-state index contributed by atoms with van der Waals surface area (Å²) in [6.45, 7) is 2.97. The molecule has 0 N–H and O–H groups in total. The van der Waals surface area contributed by atoms with Crippen LogP contribution >= 0.6 is 11.6 Å². The van der Waals surface area contributed by atoms with Gasteiger partial charge in [0.25, 0.3) is 5.91 Å². The van der Waals surface area contributed by atoms with E-state index in [1.165, 1.54) is 0 Å². The van der Waals surface area contributed by atoms with Crippen molar-refractivity contribution >= 4 is 29.5 Å². The number of benzene rings is 1. The number of halogens is 1. The molecule has 2 aliphatic rings. The number of carbonyl (C=O) groups is 2. The molecule has 1 saturated heterocycles. The fraction of sp³-hybridized carbons (Fsp3) is 0.381. The minimum atomic E-state index is -0.0653. The molecule has 1 aromatic carbocycles. The molecule has 0 spiro atoms. The molecule has 2 aromatic rings. The second-order valence-corrected chi connectivity index (χ2v) is 7.58. The summed E-state index contributed by atoms with van der Waals surface area (Å²) in [5.41, 5.74) is 2.48. The van der Waals surface area contributed by atoms with Gasteiger partial charge < -0.3 is 9.80 Å². The minimum Gasteiger partial charge on any atom is -0.336 e. The van der Waals surface area contributed by atoms with Crippen LogP contribution in [0.25, 0.3) is 6.08 Å². The van der Waals surface area contributed by atoms with E-state index < -0.39 is 0 Å². The first-order valence-electron chi connectivity index (χ1n) is 9.69. The third kappa shape index (κ3) is 3.97. The number of piperazine rings is 1. The van der Waals surface area contributed by atoms with Crippen LogP contribution in [0, 0.1) is 0 Å². The summed E-state index contributed by atoms with van der Waals surface area (Å²) in [4.78, 5) is 28.7. The predicted octanol–water partition coefficient (Wildman–Crippen LogP) is 2.87. The molecule has 4 rings (SSSR count). The Morgan fingerprint density at radius 1 is 1.00 bits per heavy atom. The van der Waals surface area contributed by atoms with Crippen LogP contribution in [0.15, 0.2) is 36.4 Å². The maximum atomic E-state index is 12.8. The van der Waals surface area contributed by atoms with Crippen LogP contribution in [0.2, 0.25) is 5.02 Å². The van der Waals surface area contributed by atoms with Crippen LogP contribution < -0.4 is 0 Å². The van der Waals surface area contributed by atoms with Crippen molar-refractivity contribution in [2.75, 3.05) is 26.2 Å². The fourth-order valence-corrected chi connectivity index (χ4v) is 3.89. The highest BCUT2D eigenvalue weighted by atomic mass is 35.5. The molecule has 28 heavy (non-hydrogen) atoms. The number of aromatic nitrogens is 2. The van der Waals surface area contributed by atoms with Gasteiger partial charge >= 0.3 is 0 Å². The molecule has 2 aliphatic heterocycles.